The van der Waals surface area contributed by atoms with E-state index in [0.29, 0.717) is 4.88 Å². The lowest BCUT2D eigenvalue weighted by Crippen LogP contribution is -2.26. The number of amides is 1. The SMILES string of the molecule is Cc1nc(-c2cccs2)sc1C(=O)N[C@H](C)c1cnn(C)c1C. The summed E-state index contributed by atoms with van der Waals surface area (Å²) in [6.45, 7) is 5.85. The number of thiophene rings is 1. The Bertz CT molecular complexity index is 833. The summed E-state index contributed by atoms with van der Waals surface area (Å²) in [4.78, 5) is 18.9. The van der Waals surface area contributed by atoms with E-state index < -0.39 is 0 Å². The molecular weight excluding hydrogens is 328 g/mol. The fourth-order valence-corrected chi connectivity index (χ4v) is 4.16. The molecule has 120 valence electrons. The van der Waals surface area contributed by atoms with E-state index in [9.17, 15) is 4.79 Å². The fourth-order valence-electron chi connectivity index (χ4n) is 2.39. The maximum atomic E-state index is 12.6. The molecule has 1 N–H and O–H groups in total. The quantitative estimate of drug-likeness (QED) is 0.783. The molecule has 0 saturated heterocycles. The summed E-state index contributed by atoms with van der Waals surface area (Å²) >= 11 is 3.07. The van der Waals surface area contributed by atoms with E-state index >= 15 is 0 Å². The first-order valence-corrected chi connectivity index (χ1v) is 8.97. The van der Waals surface area contributed by atoms with Crippen molar-refractivity contribution in [3.8, 4) is 9.88 Å². The Labute approximate surface area is 143 Å². The Hall–Kier alpha value is -1.99. The van der Waals surface area contributed by atoms with E-state index in [2.05, 4.69) is 15.4 Å². The number of carbonyl (C=O) groups is 1. The van der Waals surface area contributed by atoms with Crippen molar-refractivity contribution < 1.29 is 4.79 Å². The van der Waals surface area contributed by atoms with Gasteiger partial charge in [-0.1, -0.05) is 6.07 Å². The highest BCUT2D eigenvalue weighted by molar-refractivity contribution is 7.22. The number of hydrogen-bond acceptors (Lipinski definition) is 5. The molecule has 0 bridgehead atoms. The first-order valence-electron chi connectivity index (χ1n) is 7.28. The summed E-state index contributed by atoms with van der Waals surface area (Å²) in [6.07, 6.45) is 1.80. The summed E-state index contributed by atoms with van der Waals surface area (Å²) < 4.78 is 1.81. The number of nitrogens with one attached hydrogen (secondary N) is 1. The largest absolute Gasteiger partial charge is 0.345 e. The van der Waals surface area contributed by atoms with Gasteiger partial charge < -0.3 is 5.32 Å². The molecule has 1 atom stereocenters. The molecule has 0 saturated carbocycles. The van der Waals surface area contributed by atoms with Gasteiger partial charge >= 0.3 is 0 Å². The number of aromatic nitrogens is 3. The van der Waals surface area contributed by atoms with E-state index in [4.69, 9.17) is 0 Å². The van der Waals surface area contributed by atoms with Crippen molar-refractivity contribution in [1.82, 2.24) is 20.1 Å². The zero-order chi connectivity index (χ0) is 16.6. The van der Waals surface area contributed by atoms with Crippen molar-refractivity contribution in [3.05, 3.63) is 45.5 Å². The Kier molecular flexibility index (Phi) is 4.32. The van der Waals surface area contributed by atoms with Crippen molar-refractivity contribution in [2.75, 3.05) is 0 Å². The van der Waals surface area contributed by atoms with Crippen molar-refractivity contribution in [2.45, 2.75) is 26.8 Å². The number of thiazole rings is 1. The fraction of sp³-hybridized carbons (Fsp3) is 0.312. The van der Waals surface area contributed by atoms with E-state index in [1.807, 2.05) is 50.0 Å². The van der Waals surface area contributed by atoms with Crippen LogP contribution in [0.5, 0.6) is 0 Å². The molecule has 0 fully saturated rings. The van der Waals surface area contributed by atoms with Gasteiger partial charge in [0, 0.05) is 18.3 Å². The van der Waals surface area contributed by atoms with Gasteiger partial charge in [0.2, 0.25) is 0 Å². The summed E-state index contributed by atoms with van der Waals surface area (Å²) in [7, 11) is 1.90. The predicted octanol–water partition coefficient (Wildman–Crippen LogP) is 3.71. The summed E-state index contributed by atoms with van der Waals surface area (Å²) in [5.41, 5.74) is 2.85. The molecule has 0 spiro atoms. The average molecular weight is 346 g/mol. The zero-order valence-electron chi connectivity index (χ0n) is 13.5. The van der Waals surface area contributed by atoms with Crippen LogP contribution in [0.1, 0.15) is 39.6 Å². The van der Waals surface area contributed by atoms with Crippen LogP contribution in [-0.4, -0.2) is 20.7 Å². The second-order valence-electron chi connectivity index (χ2n) is 5.41. The Balaban J connectivity index is 1.80. The molecule has 0 aliphatic heterocycles. The second kappa shape index (κ2) is 6.25. The van der Waals surface area contributed by atoms with E-state index in [1.54, 1.807) is 17.5 Å². The summed E-state index contributed by atoms with van der Waals surface area (Å²) in [5, 5.41) is 10.2. The van der Waals surface area contributed by atoms with Gasteiger partial charge in [-0.25, -0.2) is 4.98 Å². The molecule has 0 aliphatic carbocycles. The van der Waals surface area contributed by atoms with E-state index in [0.717, 1.165) is 26.8 Å². The molecule has 0 radical (unpaired) electrons. The average Bonchev–Trinajstić information content (AvgIpc) is 3.21. The highest BCUT2D eigenvalue weighted by atomic mass is 32.1. The van der Waals surface area contributed by atoms with Crippen LogP contribution < -0.4 is 5.32 Å². The van der Waals surface area contributed by atoms with Crippen LogP contribution in [0.2, 0.25) is 0 Å². The number of rotatable bonds is 4. The Morgan fingerprint density at radius 2 is 2.17 bits per heavy atom. The molecule has 1 amide bonds. The molecule has 23 heavy (non-hydrogen) atoms. The Morgan fingerprint density at radius 3 is 2.78 bits per heavy atom. The summed E-state index contributed by atoms with van der Waals surface area (Å²) in [5.74, 6) is -0.0847. The number of hydrogen-bond donors (Lipinski definition) is 1. The molecular formula is C16H18N4OS2. The smallest absolute Gasteiger partial charge is 0.263 e. The van der Waals surface area contributed by atoms with Gasteiger partial charge in [0.1, 0.15) is 9.88 Å². The number of nitrogens with zero attached hydrogens (tertiary/aromatic N) is 3. The molecule has 3 aromatic heterocycles. The first-order chi connectivity index (χ1) is 11.0. The second-order valence-corrected chi connectivity index (χ2v) is 7.36. The lowest BCUT2D eigenvalue weighted by Gasteiger charge is -2.13. The molecule has 7 heteroatoms. The van der Waals surface area contributed by atoms with Gasteiger partial charge in [0.25, 0.3) is 5.91 Å². The molecule has 0 aromatic carbocycles. The van der Waals surface area contributed by atoms with Gasteiger partial charge in [0.15, 0.2) is 0 Å². The van der Waals surface area contributed by atoms with Crippen molar-refractivity contribution in [2.24, 2.45) is 7.05 Å². The first kappa shape index (κ1) is 15.9. The van der Waals surface area contributed by atoms with Gasteiger partial charge in [-0.15, -0.1) is 22.7 Å². The third-order valence-corrected chi connectivity index (χ3v) is 6.02. The van der Waals surface area contributed by atoms with Crippen molar-refractivity contribution in [3.63, 3.8) is 0 Å². The lowest BCUT2D eigenvalue weighted by atomic mass is 10.1. The third-order valence-electron chi connectivity index (χ3n) is 3.82. The minimum absolute atomic E-state index is 0.0847. The molecule has 3 heterocycles. The maximum Gasteiger partial charge on any atom is 0.263 e. The van der Waals surface area contributed by atoms with Gasteiger partial charge in [-0.3, -0.25) is 9.48 Å². The predicted molar refractivity (Wildman–Crippen MR) is 94.0 cm³/mol. The van der Waals surface area contributed by atoms with Crippen LogP contribution in [0.4, 0.5) is 0 Å². The minimum atomic E-state index is -0.0945. The standard InChI is InChI=1S/C16H18N4OS2/c1-9(12-8-17-20(4)11(12)3)18-15(21)14-10(2)19-16(23-14)13-6-5-7-22-13/h5-9H,1-4H3,(H,18,21)/t9-/m1/s1. The third kappa shape index (κ3) is 3.07. The molecule has 0 unspecified atom stereocenters. The summed E-state index contributed by atoms with van der Waals surface area (Å²) in [6, 6.07) is 3.92. The normalized spacial score (nSPS) is 12.3. The van der Waals surface area contributed by atoms with Crippen LogP contribution in [-0.2, 0) is 7.05 Å². The molecule has 5 nitrogen and oxygen atoms in total. The van der Waals surface area contributed by atoms with E-state index in [1.165, 1.54) is 11.3 Å². The topological polar surface area (TPSA) is 59.8 Å². The van der Waals surface area contributed by atoms with Gasteiger partial charge in [-0.05, 0) is 32.2 Å². The maximum absolute atomic E-state index is 12.6. The monoisotopic (exact) mass is 346 g/mol. The zero-order valence-corrected chi connectivity index (χ0v) is 15.1. The highest BCUT2D eigenvalue weighted by Gasteiger charge is 2.20. The van der Waals surface area contributed by atoms with Gasteiger partial charge in [0.05, 0.1) is 22.8 Å². The van der Waals surface area contributed by atoms with Crippen LogP contribution in [0.25, 0.3) is 9.88 Å². The van der Waals surface area contributed by atoms with Crippen molar-refractivity contribution in [1.29, 1.82) is 0 Å². The van der Waals surface area contributed by atoms with Gasteiger partial charge in [-0.2, -0.15) is 5.10 Å². The lowest BCUT2D eigenvalue weighted by molar-refractivity contribution is 0.0943. The van der Waals surface area contributed by atoms with Crippen LogP contribution in [0.3, 0.4) is 0 Å². The molecule has 3 rings (SSSR count). The van der Waals surface area contributed by atoms with Crippen LogP contribution in [0, 0.1) is 13.8 Å². The van der Waals surface area contributed by atoms with E-state index in [-0.39, 0.29) is 11.9 Å². The van der Waals surface area contributed by atoms with Crippen LogP contribution in [0.15, 0.2) is 23.7 Å². The minimum Gasteiger partial charge on any atom is -0.345 e. The van der Waals surface area contributed by atoms with Crippen molar-refractivity contribution >= 4 is 28.6 Å². The molecule has 3 aromatic rings. The molecule has 0 aliphatic rings. The van der Waals surface area contributed by atoms with Crippen LogP contribution >= 0.6 is 22.7 Å². The number of aryl methyl sites for hydroxylation is 2. The number of carbonyl (C=O) groups excluding carboxylic acids is 1. The highest BCUT2D eigenvalue weighted by Crippen LogP contribution is 2.31. The Morgan fingerprint density at radius 1 is 1.39 bits per heavy atom.